The van der Waals surface area contributed by atoms with Crippen molar-refractivity contribution in [1.29, 1.82) is 5.26 Å². The van der Waals surface area contributed by atoms with Gasteiger partial charge in [-0.1, -0.05) is 0 Å². The van der Waals surface area contributed by atoms with Gasteiger partial charge >= 0.3 is 0 Å². The van der Waals surface area contributed by atoms with Gasteiger partial charge in [-0.15, -0.1) is 5.10 Å². The number of aryl methyl sites for hydroxylation is 3. The molecule has 0 fully saturated rings. The van der Waals surface area contributed by atoms with Crippen molar-refractivity contribution in [2.45, 2.75) is 33.7 Å². The van der Waals surface area contributed by atoms with Gasteiger partial charge in [-0.2, -0.15) is 15.5 Å². The number of nitriles is 1. The van der Waals surface area contributed by atoms with E-state index in [1.54, 1.807) is 4.68 Å². The summed E-state index contributed by atoms with van der Waals surface area (Å²) < 4.78 is 1.78. The third kappa shape index (κ3) is 2.48. The van der Waals surface area contributed by atoms with Gasteiger partial charge in [-0.25, -0.2) is 0 Å². The van der Waals surface area contributed by atoms with Crippen LogP contribution in [0.15, 0.2) is 6.20 Å². The van der Waals surface area contributed by atoms with E-state index in [1.165, 1.54) is 0 Å². The van der Waals surface area contributed by atoms with Crippen molar-refractivity contribution in [3.8, 4) is 6.07 Å². The number of nitrogens with zero attached hydrogens (tertiary/aromatic N) is 5. The highest BCUT2D eigenvalue weighted by Gasteiger charge is 2.16. The summed E-state index contributed by atoms with van der Waals surface area (Å²) >= 11 is 0. The number of hydrogen-bond donors (Lipinski definition) is 1. The molecule has 0 aliphatic rings. The lowest BCUT2D eigenvalue weighted by molar-refractivity contribution is 0.756. The summed E-state index contributed by atoms with van der Waals surface area (Å²) in [5.74, 6) is 0.520. The lowest BCUT2D eigenvalue weighted by Crippen LogP contribution is -2.12. The fourth-order valence-electron chi connectivity index (χ4n) is 2.17. The summed E-state index contributed by atoms with van der Waals surface area (Å²) in [6.45, 7) is 7.71. The van der Waals surface area contributed by atoms with Crippen LogP contribution >= 0.6 is 0 Å². The molecule has 20 heavy (non-hydrogen) atoms. The molecule has 1 atom stereocenters. The zero-order valence-electron chi connectivity index (χ0n) is 12.4. The molecule has 2 heterocycles. The molecular formula is C14H18N6. The molecule has 0 aliphatic heterocycles. The zero-order chi connectivity index (χ0) is 14.9. The first-order valence-electron chi connectivity index (χ1n) is 6.44. The normalized spacial score (nSPS) is 12.0. The highest BCUT2D eigenvalue weighted by molar-refractivity contribution is 5.56. The third-order valence-electron chi connectivity index (χ3n) is 3.44. The summed E-state index contributed by atoms with van der Waals surface area (Å²) in [5.41, 5.74) is 4.22. The molecule has 2 rings (SSSR count). The van der Waals surface area contributed by atoms with Crippen LogP contribution in [0.5, 0.6) is 0 Å². The maximum atomic E-state index is 9.29. The van der Waals surface area contributed by atoms with Crippen molar-refractivity contribution in [3.05, 3.63) is 34.3 Å². The molecule has 6 heteroatoms. The van der Waals surface area contributed by atoms with Crippen molar-refractivity contribution in [2.75, 3.05) is 5.32 Å². The maximum absolute atomic E-state index is 9.29. The quantitative estimate of drug-likeness (QED) is 0.924. The number of nitrogens with one attached hydrogen (secondary N) is 1. The van der Waals surface area contributed by atoms with Gasteiger partial charge in [0, 0.05) is 18.8 Å². The summed E-state index contributed by atoms with van der Waals surface area (Å²) in [6.07, 6.45) is 1.97. The van der Waals surface area contributed by atoms with E-state index in [2.05, 4.69) is 26.7 Å². The second kappa shape index (κ2) is 5.29. The van der Waals surface area contributed by atoms with Gasteiger partial charge in [0.25, 0.3) is 0 Å². The molecule has 1 unspecified atom stereocenters. The van der Waals surface area contributed by atoms with Crippen LogP contribution in [0, 0.1) is 32.1 Å². The fraction of sp³-hybridized carbons (Fsp3) is 0.429. The van der Waals surface area contributed by atoms with Gasteiger partial charge in [0.15, 0.2) is 5.82 Å². The third-order valence-corrected chi connectivity index (χ3v) is 3.44. The Morgan fingerprint density at radius 3 is 2.50 bits per heavy atom. The predicted molar refractivity (Wildman–Crippen MR) is 76.2 cm³/mol. The Kier molecular flexibility index (Phi) is 3.70. The average Bonchev–Trinajstić information content (AvgIpc) is 2.73. The highest BCUT2D eigenvalue weighted by atomic mass is 15.3. The first-order chi connectivity index (χ1) is 9.43. The second-order valence-electron chi connectivity index (χ2n) is 4.96. The lowest BCUT2D eigenvalue weighted by Gasteiger charge is -2.15. The first-order valence-corrected chi connectivity index (χ1v) is 6.44. The van der Waals surface area contributed by atoms with Gasteiger partial charge in [0.1, 0.15) is 11.6 Å². The summed E-state index contributed by atoms with van der Waals surface area (Å²) in [4.78, 5) is 0. The summed E-state index contributed by atoms with van der Waals surface area (Å²) in [5, 5.41) is 25.0. The molecule has 0 aliphatic carbocycles. The predicted octanol–water partition coefficient (Wildman–Crippen LogP) is 2.18. The minimum Gasteiger partial charge on any atom is -0.361 e. The van der Waals surface area contributed by atoms with Crippen molar-refractivity contribution < 1.29 is 0 Å². The van der Waals surface area contributed by atoms with Crippen LogP contribution in [0.25, 0.3) is 0 Å². The Morgan fingerprint density at radius 2 is 1.95 bits per heavy atom. The molecule has 6 nitrogen and oxygen atoms in total. The Bertz CT molecular complexity index is 680. The highest BCUT2D eigenvalue weighted by Crippen LogP contribution is 2.24. The van der Waals surface area contributed by atoms with Crippen LogP contribution in [0.4, 0.5) is 5.82 Å². The van der Waals surface area contributed by atoms with E-state index in [4.69, 9.17) is 0 Å². The van der Waals surface area contributed by atoms with Crippen LogP contribution in [-0.4, -0.2) is 20.0 Å². The minimum atomic E-state index is 0.00667. The van der Waals surface area contributed by atoms with E-state index in [9.17, 15) is 5.26 Å². The molecule has 2 aromatic rings. The van der Waals surface area contributed by atoms with E-state index >= 15 is 0 Å². The van der Waals surface area contributed by atoms with Gasteiger partial charge in [-0.05, 0) is 33.3 Å². The monoisotopic (exact) mass is 270 g/mol. The van der Waals surface area contributed by atoms with E-state index < -0.39 is 0 Å². The molecule has 2 aromatic heterocycles. The van der Waals surface area contributed by atoms with Crippen LogP contribution < -0.4 is 5.32 Å². The number of rotatable bonds is 3. The standard InChI is InChI=1S/C14H18N6/c1-8-9(2)17-18-14(12(8)6-15)16-10(3)13-7-20(5)19-11(13)4/h7,10H,1-5H3,(H,16,18). The molecule has 0 spiro atoms. The molecule has 0 bridgehead atoms. The van der Waals surface area contributed by atoms with Crippen LogP contribution in [-0.2, 0) is 7.05 Å². The molecule has 0 saturated heterocycles. The fourth-order valence-corrected chi connectivity index (χ4v) is 2.17. The van der Waals surface area contributed by atoms with Gasteiger partial charge in [0.05, 0.1) is 17.4 Å². The largest absolute Gasteiger partial charge is 0.361 e. The molecule has 0 aromatic carbocycles. The number of hydrogen-bond acceptors (Lipinski definition) is 5. The SMILES string of the molecule is Cc1nn(C)cc1C(C)Nc1nnc(C)c(C)c1C#N. The molecule has 0 amide bonds. The minimum absolute atomic E-state index is 0.00667. The zero-order valence-corrected chi connectivity index (χ0v) is 12.4. The summed E-state index contributed by atoms with van der Waals surface area (Å²) in [6, 6.07) is 2.20. The van der Waals surface area contributed by atoms with Gasteiger partial charge in [-0.3, -0.25) is 4.68 Å². The molecule has 0 radical (unpaired) electrons. The van der Waals surface area contributed by atoms with E-state index in [-0.39, 0.29) is 6.04 Å². The van der Waals surface area contributed by atoms with Gasteiger partial charge in [0.2, 0.25) is 0 Å². The number of aromatic nitrogens is 4. The Morgan fingerprint density at radius 1 is 1.25 bits per heavy atom. The average molecular weight is 270 g/mol. The second-order valence-corrected chi connectivity index (χ2v) is 4.96. The molecule has 0 saturated carbocycles. The van der Waals surface area contributed by atoms with Crippen molar-refractivity contribution in [1.82, 2.24) is 20.0 Å². The number of anilines is 1. The topological polar surface area (TPSA) is 79.4 Å². The van der Waals surface area contributed by atoms with Crippen LogP contribution in [0.2, 0.25) is 0 Å². The van der Waals surface area contributed by atoms with Crippen molar-refractivity contribution in [2.24, 2.45) is 7.05 Å². The van der Waals surface area contributed by atoms with E-state index in [0.29, 0.717) is 11.4 Å². The molecular weight excluding hydrogens is 252 g/mol. The Labute approximate surface area is 118 Å². The molecule has 104 valence electrons. The van der Waals surface area contributed by atoms with Crippen molar-refractivity contribution in [3.63, 3.8) is 0 Å². The van der Waals surface area contributed by atoms with Crippen LogP contribution in [0.3, 0.4) is 0 Å². The smallest absolute Gasteiger partial charge is 0.167 e. The summed E-state index contributed by atoms with van der Waals surface area (Å²) in [7, 11) is 1.89. The van der Waals surface area contributed by atoms with Crippen LogP contribution in [0.1, 0.15) is 41.0 Å². The van der Waals surface area contributed by atoms with Crippen molar-refractivity contribution >= 4 is 5.82 Å². The Hall–Kier alpha value is -2.42. The molecule has 1 N–H and O–H groups in total. The van der Waals surface area contributed by atoms with Gasteiger partial charge < -0.3 is 5.32 Å². The Balaban J connectivity index is 2.33. The maximum Gasteiger partial charge on any atom is 0.167 e. The first kappa shape index (κ1) is 14.0. The van der Waals surface area contributed by atoms with E-state index in [0.717, 1.165) is 22.5 Å². The van der Waals surface area contributed by atoms with E-state index in [1.807, 2.05) is 40.9 Å². The lowest BCUT2D eigenvalue weighted by atomic mass is 10.1.